The molecule has 0 aliphatic carbocycles. The third-order valence-corrected chi connectivity index (χ3v) is 3.71. The van der Waals surface area contributed by atoms with E-state index in [2.05, 4.69) is 24.3 Å². The Morgan fingerprint density at radius 2 is 1.95 bits per heavy atom. The van der Waals surface area contributed by atoms with E-state index >= 15 is 0 Å². The zero-order chi connectivity index (χ0) is 15.6. The monoisotopic (exact) mass is 289 g/mol. The number of rotatable bonds is 5. The van der Waals surface area contributed by atoms with Crippen LogP contribution in [0.3, 0.4) is 0 Å². The molecular formula is C17H24FN3. The number of nitrogens with zero attached hydrogens (tertiary/aromatic N) is 2. The van der Waals surface area contributed by atoms with Crippen molar-refractivity contribution in [3.8, 4) is 5.69 Å². The van der Waals surface area contributed by atoms with Gasteiger partial charge in [-0.25, -0.2) is 9.07 Å². The van der Waals surface area contributed by atoms with Crippen LogP contribution in [0.15, 0.2) is 18.2 Å². The Hall–Kier alpha value is -1.68. The fourth-order valence-corrected chi connectivity index (χ4v) is 2.56. The zero-order valence-electron chi connectivity index (χ0n) is 13.5. The van der Waals surface area contributed by atoms with Crippen LogP contribution in [0, 0.1) is 26.6 Å². The molecule has 1 unspecified atom stereocenters. The van der Waals surface area contributed by atoms with E-state index in [-0.39, 0.29) is 11.9 Å². The number of hydrogen-bond donors (Lipinski definition) is 1. The molecule has 1 N–H and O–H groups in total. The van der Waals surface area contributed by atoms with Gasteiger partial charge in [-0.2, -0.15) is 5.10 Å². The quantitative estimate of drug-likeness (QED) is 0.901. The summed E-state index contributed by atoms with van der Waals surface area (Å²) >= 11 is 0. The minimum Gasteiger partial charge on any atom is -0.310 e. The van der Waals surface area contributed by atoms with Crippen molar-refractivity contribution in [3.63, 3.8) is 0 Å². The third-order valence-electron chi connectivity index (χ3n) is 3.71. The molecule has 0 bridgehead atoms. The Morgan fingerprint density at radius 3 is 2.52 bits per heavy atom. The van der Waals surface area contributed by atoms with Crippen molar-refractivity contribution in [1.29, 1.82) is 0 Å². The fourth-order valence-electron chi connectivity index (χ4n) is 2.56. The number of benzene rings is 1. The van der Waals surface area contributed by atoms with Crippen LogP contribution in [0.5, 0.6) is 0 Å². The van der Waals surface area contributed by atoms with E-state index in [0.717, 1.165) is 35.6 Å². The van der Waals surface area contributed by atoms with Gasteiger partial charge in [0.2, 0.25) is 0 Å². The molecule has 0 aliphatic heterocycles. The maximum absolute atomic E-state index is 14.0. The van der Waals surface area contributed by atoms with Gasteiger partial charge in [0.25, 0.3) is 0 Å². The molecular weight excluding hydrogens is 265 g/mol. The van der Waals surface area contributed by atoms with E-state index in [1.165, 1.54) is 0 Å². The largest absolute Gasteiger partial charge is 0.310 e. The summed E-state index contributed by atoms with van der Waals surface area (Å²) in [6, 6.07) is 5.63. The molecule has 21 heavy (non-hydrogen) atoms. The van der Waals surface area contributed by atoms with E-state index in [1.807, 2.05) is 30.7 Å². The summed E-state index contributed by atoms with van der Waals surface area (Å²) in [4.78, 5) is 0. The first kappa shape index (κ1) is 15.7. The van der Waals surface area contributed by atoms with Crippen LogP contribution in [0.2, 0.25) is 0 Å². The number of nitrogens with one attached hydrogen (secondary N) is 1. The highest BCUT2D eigenvalue weighted by Crippen LogP contribution is 2.26. The summed E-state index contributed by atoms with van der Waals surface area (Å²) in [6.45, 7) is 10.9. The Morgan fingerprint density at radius 1 is 1.24 bits per heavy atom. The van der Waals surface area contributed by atoms with Crippen LogP contribution in [0.25, 0.3) is 5.69 Å². The van der Waals surface area contributed by atoms with Crippen LogP contribution in [-0.2, 0) is 0 Å². The first-order valence-electron chi connectivity index (χ1n) is 7.51. The van der Waals surface area contributed by atoms with Crippen molar-refractivity contribution in [1.82, 2.24) is 15.1 Å². The van der Waals surface area contributed by atoms with Crippen LogP contribution in [0.1, 0.15) is 48.8 Å². The number of halogens is 1. The summed E-state index contributed by atoms with van der Waals surface area (Å²) in [5.41, 5.74) is 4.56. The Bertz CT molecular complexity index is 631. The second kappa shape index (κ2) is 6.39. The smallest absolute Gasteiger partial charge is 0.126 e. The Labute approximate surface area is 126 Å². The Balaban J connectivity index is 2.53. The minimum absolute atomic E-state index is 0.0824. The fraction of sp³-hybridized carbons (Fsp3) is 0.471. The van der Waals surface area contributed by atoms with Crippen molar-refractivity contribution in [3.05, 3.63) is 46.5 Å². The summed E-state index contributed by atoms with van der Waals surface area (Å²) in [7, 11) is 0. The van der Waals surface area contributed by atoms with Gasteiger partial charge in [0.1, 0.15) is 5.82 Å². The van der Waals surface area contributed by atoms with E-state index in [4.69, 9.17) is 0 Å². The molecule has 0 fully saturated rings. The van der Waals surface area contributed by atoms with Crippen LogP contribution < -0.4 is 5.32 Å². The van der Waals surface area contributed by atoms with E-state index in [1.54, 1.807) is 13.0 Å². The maximum Gasteiger partial charge on any atom is 0.126 e. The molecule has 114 valence electrons. The van der Waals surface area contributed by atoms with Gasteiger partial charge in [0.05, 0.1) is 11.4 Å². The molecule has 4 heteroatoms. The predicted molar refractivity (Wildman–Crippen MR) is 84.4 cm³/mol. The van der Waals surface area contributed by atoms with Crippen molar-refractivity contribution < 1.29 is 4.39 Å². The van der Waals surface area contributed by atoms with E-state index < -0.39 is 0 Å². The van der Waals surface area contributed by atoms with E-state index in [9.17, 15) is 4.39 Å². The highest BCUT2D eigenvalue weighted by atomic mass is 19.1. The topological polar surface area (TPSA) is 29.9 Å². The standard InChI is InChI=1S/C17H24FN3/c1-6-7-19-14(5)15-10-16(18)11(2)8-17(15)21-13(4)9-12(3)20-21/h8-10,14,19H,6-7H2,1-5H3. The number of aryl methyl sites for hydroxylation is 3. The summed E-state index contributed by atoms with van der Waals surface area (Å²) in [5.74, 6) is -0.166. The van der Waals surface area contributed by atoms with Gasteiger partial charge in [0.15, 0.2) is 0 Å². The lowest BCUT2D eigenvalue weighted by molar-refractivity contribution is 0.556. The van der Waals surface area contributed by atoms with Crippen molar-refractivity contribution >= 4 is 0 Å². The molecule has 1 aromatic carbocycles. The van der Waals surface area contributed by atoms with E-state index in [0.29, 0.717) is 5.56 Å². The number of aromatic nitrogens is 2. The molecule has 1 aromatic heterocycles. The molecule has 0 saturated heterocycles. The summed E-state index contributed by atoms with van der Waals surface area (Å²) in [6.07, 6.45) is 1.05. The molecule has 1 heterocycles. The van der Waals surface area contributed by atoms with Crippen LogP contribution >= 0.6 is 0 Å². The maximum atomic E-state index is 14.0. The van der Waals surface area contributed by atoms with Gasteiger partial charge >= 0.3 is 0 Å². The first-order chi connectivity index (χ1) is 9.93. The highest BCUT2D eigenvalue weighted by molar-refractivity contribution is 5.46. The summed E-state index contributed by atoms with van der Waals surface area (Å²) in [5, 5.41) is 7.96. The van der Waals surface area contributed by atoms with Gasteiger partial charge in [0, 0.05) is 11.7 Å². The molecule has 2 aromatic rings. The average molecular weight is 289 g/mol. The van der Waals surface area contributed by atoms with Crippen molar-refractivity contribution in [2.75, 3.05) is 6.54 Å². The minimum atomic E-state index is -0.166. The third kappa shape index (κ3) is 3.32. The van der Waals surface area contributed by atoms with Crippen LogP contribution in [0.4, 0.5) is 4.39 Å². The van der Waals surface area contributed by atoms with Gasteiger partial charge < -0.3 is 5.32 Å². The lowest BCUT2D eigenvalue weighted by atomic mass is 10.0. The van der Waals surface area contributed by atoms with Gasteiger partial charge in [-0.1, -0.05) is 6.92 Å². The summed E-state index contributed by atoms with van der Waals surface area (Å²) < 4.78 is 15.9. The second-order valence-electron chi connectivity index (χ2n) is 5.67. The molecule has 0 saturated carbocycles. The lowest BCUT2D eigenvalue weighted by Gasteiger charge is -2.19. The molecule has 2 rings (SSSR count). The van der Waals surface area contributed by atoms with Crippen LogP contribution in [-0.4, -0.2) is 16.3 Å². The van der Waals surface area contributed by atoms with Gasteiger partial charge in [-0.05, 0) is 70.0 Å². The molecule has 0 radical (unpaired) electrons. The van der Waals surface area contributed by atoms with Crippen molar-refractivity contribution in [2.45, 2.75) is 47.1 Å². The van der Waals surface area contributed by atoms with Gasteiger partial charge in [-0.15, -0.1) is 0 Å². The molecule has 0 aliphatic rings. The molecule has 0 spiro atoms. The lowest BCUT2D eigenvalue weighted by Crippen LogP contribution is -2.21. The highest BCUT2D eigenvalue weighted by Gasteiger charge is 2.16. The normalized spacial score (nSPS) is 12.7. The first-order valence-corrected chi connectivity index (χ1v) is 7.51. The zero-order valence-corrected chi connectivity index (χ0v) is 13.5. The SMILES string of the molecule is CCCNC(C)c1cc(F)c(C)cc1-n1nc(C)cc1C. The second-order valence-corrected chi connectivity index (χ2v) is 5.67. The number of hydrogen-bond acceptors (Lipinski definition) is 2. The van der Waals surface area contributed by atoms with Gasteiger partial charge in [-0.3, -0.25) is 0 Å². The molecule has 0 amide bonds. The Kier molecular flexibility index (Phi) is 4.78. The van der Waals surface area contributed by atoms with Crippen molar-refractivity contribution in [2.24, 2.45) is 0 Å². The molecule has 3 nitrogen and oxygen atoms in total. The average Bonchev–Trinajstić information content (AvgIpc) is 2.77. The predicted octanol–water partition coefficient (Wildman–Crippen LogP) is 4.00. The molecule has 1 atom stereocenters.